The zero-order chi connectivity index (χ0) is 14.8. The van der Waals surface area contributed by atoms with Crippen LogP contribution in [0.3, 0.4) is 0 Å². The lowest BCUT2D eigenvalue weighted by atomic mass is 9.80. The van der Waals surface area contributed by atoms with Gasteiger partial charge >= 0.3 is 0 Å². The Morgan fingerprint density at radius 2 is 2.05 bits per heavy atom. The van der Waals surface area contributed by atoms with Gasteiger partial charge in [0, 0.05) is 24.6 Å². The van der Waals surface area contributed by atoms with Crippen LogP contribution in [0.5, 0.6) is 0 Å². The summed E-state index contributed by atoms with van der Waals surface area (Å²) in [5.41, 5.74) is -0.0426. The van der Waals surface area contributed by atoms with E-state index in [4.69, 9.17) is 0 Å². The second-order valence-electron chi connectivity index (χ2n) is 6.03. The first-order valence-corrected chi connectivity index (χ1v) is 7.71. The Hall–Kier alpha value is -1.69. The maximum absolute atomic E-state index is 12.6. The van der Waals surface area contributed by atoms with Gasteiger partial charge in [-0.3, -0.25) is 9.59 Å². The van der Waals surface area contributed by atoms with Crippen molar-refractivity contribution in [3.8, 4) is 0 Å². The van der Waals surface area contributed by atoms with Crippen LogP contribution in [0.2, 0.25) is 0 Å². The van der Waals surface area contributed by atoms with E-state index in [2.05, 4.69) is 10.2 Å². The molecule has 2 heterocycles. The highest BCUT2D eigenvalue weighted by Crippen LogP contribution is 2.35. The fourth-order valence-electron chi connectivity index (χ4n) is 3.69. The molecule has 0 radical (unpaired) electrons. The zero-order valence-electron chi connectivity index (χ0n) is 12.0. The molecule has 2 aliphatic rings. The Bertz CT molecular complexity index is 551. The Morgan fingerprint density at radius 1 is 1.24 bits per heavy atom. The highest BCUT2D eigenvalue weighted by molar-refractivity contribution is 5.92. The Balaban J connectivity index is 1.78. The van der Waals surface area contributed by atoms with Crippen LogP contribution in [0.1, 0.15) is 49.0 Å². The van der Waals surface area contributed by atoms with E-state index in [0.717, 1.165) is 38.5 Å². The third kappa shape index (κ3) is 2.85. The average molecular weight is 291 g/mol. The quantitative estimate of drug-likeness (QED) is 0.848. The average Bonchev–Trinajstić information content (AvgIpc) is 2.97. The van der Waals surface area contributed by atoms with Gasteiger partial charge in [-0.25, -0.2) is 5.10 Å². The minimum atomic E-state index is -0.313. The predicted molar refractivity (Wildman–Crippen MR) is 76.9 cm³/mol. The molecular formula is C15H21N3O3. The van der Waals surface area contributed by atoms with Crippen LogP contribution < -0.4 is 5.56 Å². The lowest BCUT2D eigenvalue weighted by Crippen LogP contribution is -2.45. The number of aliphatic hydroxyl groups is 1. The topological polar surface area (TPSA) is 86.3 Å². The standard InChI is InChI=1S/C15H21N3O3/c19-13-6-2-1-4-10(13)12-5-3-9-18(12)15(21)11-7-8-14(20)17-16-11/h7-8,10,12-13,19H,1-6,9H2,(H,17,20). The second kappa shape index (κ2) is 5.97. The highest BCUT2D eigenvalue weighted by Gasteiger charge is 2.39. The van der Waals surface area contributed by atoms with Crippen LogP contribution >= 0.6 is 0 Å². The van der Waals surface area contributed by atoms with Gasteiger partial charge in [0.1, 0.15) is 5.69 Å². The molecule has 1 aromatic heterocycles. The largest absolute Gasteiger partial charge is 0.393 e. The van der Waals surface area contributed by atoms with E-state index in [9.17, 15) is 14.7 Å². The predicted octanol–water partition coefficient (Wildman–Crippen LogP) is 0.926. The molecule has 3 rings (SSSR count). The number of aromatic nitrogens is 2. The van der Waals surface area contributed by atoms with E-state index < -0.39 is 0 Å². The maximum Gasteiger partial charge on any atom is 0.274 e. The lowest BCUT2D eigenvalue weighted by molar-refractivity contribution is 0.0209. The summed E-state index contributed by atoms with van der Waals surface area (Å²) in [6.45, 7) is 0.702. The van der Waals surface area contributed by atoms with E-state index in [1.165, 1.54) is 12.1 Å². The highest BCUT2D eigenvalue weighted by atomic mass is 16.3. The van der Waals surface area contributed by atoms with Crippen molar-refractivity contribution >= 4 is 5.91 Å². The van der Waals surface area contributed by atoms with Crippen LogP contribution in [-0.4, -0.2) is 44.8 Å². The molecule has 1 saturated heterocycles. The number of carbonyl (C=O) groups excluding carboxylic acids is 1. The monoisotopic (exact) mass is 291 g/mol. The van der Waals surface area contributed by atoms with Crippen LogP contribution in [0.4, 0.5) is 0 Å². The van der Waals surface area contributed by atoms with Gasteiger partial charge < -0.3 is 10.0 Å². The van der Waals surface area contributed by atoms with Crippen molar-refractivity contribution in [3.63, 3.8) is 0 Å². The minimum Gasteiger partial charge on any atom is -0.393 e. The van der Waals surface area contributed by atoms with Gasteiger partial charge in [-0.2, -0.15) is 5.10 Å². The fraction of sp³-hybridized carbons (Fsp3) is 0.667. The van der Waals surface area contributed by atoms with E-state index in [1.807, 2.05) is 4.90 Å². The lowest BCUT2D eigenvalue weighted by Gasteiger charge is -2.37. The smallest absolute Gasteiger partial charge is 0.274 e. The SMILES string of the molecule is O=C(c1ccc(=O)[nH]n1)N1CCCC1C1CCCCC1O. The van der Waals surface area contributed by atoms with Gasteiger partial charge in [0.2, 0.25) is 0 Å². The number of H-pyrrole nitrogens is 1. The van der Waals surface area contributed by atoms with Crippen molar-refractivity contribution in [2.75, 3.05) is 6.54 Å². The summed E-state index contributed by atoms with van der Waals surface area (Å²) in [5, 5.41) is 16.4. The zero-order valence-corrected chi connectivity index (χ0v) is 12.0. The molecule has 1 aliphatic carbocycles. The summed E-state index contributed by atoms with van der Waals surface area (Å²) in [6, 6.07) is 2.88. The van der Waals surface area contributed by atoms with Gasteiger partial charge in [0.25, 0.3) is 11.5 Å². The van der Waals surface area contributed by atoms with Crippen molar-refractivity contribution in [2.45, 2.75) is 50.7 Å². The first kappa shape index (κ1) is 14.3. The molecule has 3 unspecified atom stereocenters. The molecule has 2 fully saturated rings. The molecule has 0 aromatic carbocycles. The van der Waals surface area contributed by atoms with Gasteiger partial charge in [-0.1, -0.05) is 12.8 Å². The molecule has 1 aromatic rings. The summed E-state index contributed by atoms with van der Waals surface area (Å²) < 4.78 is 0. The van der Waals surface area contributed by atoms with Gasteiger partial charge in [0.15, 0.2) is 0 Å². The number of rotatable bonds is 2. The maximum atomic E-state index is 12.6. The molecule has 1 amide bonds. The van der Waals surface area contributed by atoms with E-state index in [1.54, 1.807) is 0 Å². The Morgan fingerprint density at radius 3 is 2.76 bits per heavy atom. The number of amides is 1. The molecule has 3 atom stereocenters. The van der Waals surface area contributed by atoms with Gasteiger partial charge in [-0.05, 0) is 31.7 Å². The van der Waals surface area contributed by atoms with Crippen LogP contribution in [0, 0.1) is 5.92 Å². The number of likely N-dealkylation sites (tertiary alicyclic amines) is 1. The third-order valence-corrected chi connectivity index (χ3v) is 4.73. The van der Waals surface area contributed by atoms with Crippen molar-refractivity contribution in [1.82, 2.24) is 15.1 Å². The minimum absolute atomic E-state index is 0.0986. The third-order valence-electron chi connectivity index (χ3n) is 4.73. The van der Waals surface area contributed by atoms with Crippen molar-refractivity contribution in [1.29, 1.82) is 0 Å². The number of hydrogen-bond donors (Lipinski definition) is 2. The first-order valence-electron chi connectivity index (χ1n) is 7.71. The normalized spacial score (nSPS) is 29.6. The molecule has 0 spiro atoms. The number of nitrogens with one attached hydrogen (secondary N) is 1. The molecule has 6 nitrogen and oxygen atoms in total. The molecule has 1 saturated carbocycles. The second-order valence-corrected chi connectivity index (χ2v) is 6.03. The molecule has 21 heavy (non-hydrogen) atoms. The van der Waals surface area contributed by atoms with Crippen LogP contribution in [0.15, 0.2) is 16.9 Å². The van der Waals surface area contributed by atoms with E-state index in [-0.39, 0.29) is 35.2 Å². The van der Waals surface area contributed by atoms with Gasteiger partial charge in [-0.15, -0.1) is 0 Å². The summed E-state index contributed by atoms with van der Waals surface area (Å²) in [6.07, 6.45) is 5.60. The molecule has 2 N–H and O–H groups in total. The summed E-state index contributed by atoms with van der Waals surface area (Å²) in [5.74, 6) is 0.0273. The fourth-order valence-corrected chi connectivity index (χ4v) is 3.69. The van der Waals surface area contributed by atoms with Gasteiger partial charge in [0.05, 0.1) is 6.10 Å². The molecule has 114 valence electrons. The number of carbonyl (C=O) groups is 1. The number of hydrogen-bond acceptors (Lipinski definition) is 4. The van der Waals surface area contributed by atoms with Crippen LogP contribution in [0.25, 0.3) is 0 Å². The van der Waals surface area contributed by atoms with Crippen molar-refractivity contribution < 1.29 is 9.90 Å². The molecule has 6 heteroatoms. The first-order chi connectivity index (χ1) is 10.2. The van der Waals surface area contributed by atoms with E-state index in [0.29, 0.717) is 6.54 Å². The van der Waals surface area contributed by atoms with Crippen LogP contribution in [-0.2, 0) is 0 Å². The molecule has 1 aliphatic heterocycles. The number of nitrogens with zero attached hydrogens (tertiary/aromatic N) is 2. The summed E-state index contributed by atoms with van der Waals surface area (Å²) in [4.78, 5) is 25.5. The summed E-state index contributed by atoms with van der Waals surface area (Å²) in [7, 11) is 0. The molecular weight excluding hydrogens is 270 g/mol. The summed E-state index contributed by atoms with van der Waals surface area (Å²) >= 11 is 0. The van der Waals surface area contributed by atoms with Crippen molar-refractivity contribution in [3.05, 3.63) is 28.2 Å². The Labute approximate surface area is 123 Å². The molecule has 0 bridgehead atoms. The number of aromatic amines is 1. The van der Waals surface area contributed by atoms with E-state index >= 15 is 0 Å². The van der Waals surface area contributed by atoms with Crippen molar-refractivity contribution in [2.24, 2.45) is 5.92 Å². The Kier molecular flexibility index (Phi) is 4.05. The number of aliphatic hydroxyl groups excluding tert-OH is 1.